The molecule has 2 bridgehead atoms. The summed E-state index contributed by atoms with van der Waals surface area (Å²) in [5.41, 5.74) is 3.41. The van der Waals surface area contributed by atoms with Crippen LogP contribution in [0.4, 0.5) is 28.9 Å². The molecule has 3 aromatic carbocycles. The molecular weight excluding hydrogens is 759 g/mol. The second-order valence-corrected chi connectivity index (χ2v) is 14.5. The van der Waals surface area contributed by atoms with Gasteiger partial charge in [0.1, 0.15) is 11.6 Å². The number of morpholine rings is 1. The van der Waals surface area contributed by atoms with Gasteiger partial charge in [0.25, 0.3) is 5.91 Å². The first kappa shape index (κ1) is 39.4. The molecule has 0 aromatic heterocycles. The molecular formula is C37H38Cl2F4N4O7. The number of ether oxygens (including phenoxy) is 3. The molecule has 11 nitrogen and oxygen atoms in total. The number of anilines is 2. The number of piperazine rings is 1. The van der Waals surface area contributed by atoms with Gasteiger partial charge in [-0.2, -0.15) is 13.2 Å². The molecule has 2 unspecified atom stereocenters. The van der Waals surface area contributed by atoms with Gasteiger partial charge in [-0.1, -0.05) is 41.4 Å². The quantitative estimate of drug-likeness (QED) is 0.212. The van der Waals surface area contributed by atoms with Crippen LogP contribution in [0.1, 0.15) is 53.0 Å². The third kappa shape index (κ3) is 7.90. The van der Waals surface area contributed by atoms with Gasteiger partial charge in [-0.25, -0.2) is 14.0 Å². The number of benzene rings is 3. The Kier molecular flexibility index (Phi) is 11.5. The zero-order valence-corrected chi connectivity index (χ0v) is 31.0. The van der Waals surface area contributed by atoms with Crippen molar-refractivity contribution in [1.29, 1.82) is 0 Å². The molecule has 3 saturated heterocycles. The summed E-state index contributed by atoms with van der Waals surface area (Å²) in [6.45, 7) is 7.10. The largest absolute Gasteiger partial charge is 0.490 e. The maximum absolute atomic E-state index is 15.9. The van der Waals surface area contributed by atoms with Crippen molar-refractivity contribution in [2.45, 2.75) is 63.6 Å². The summed E-state index contributed by atoms with van der Waals surface area (Å²) in [4.78, 5) is 41.5. The monoisotopic (exact) mass is 796 g/mol. The van der Waals surface area contributed by atoms with Gasteiger partial charge in [0.05, 0.1) is 65.8 Å². The van der Waals surface area contributed by atoms with Crippen molar-refractivity contribution in [1.82, 2.24) is 10.2 Å². The number of hydrogen-bond acceptors (Lipinski definition) is 9. The number of carboxylic acid groups (broad SMARTS) is 1. The van der Waals surface area contributed by atoms with E-state index in [1.54, 1.807) is 24.3 Å². The summed E-state index contributed by atoms with van der Waals surface area (Å²) in [5.74, 6) is -3.81. The number of amides is 1. The maximum atomic E-state index is 15.9. The Morgan fingerprint density at radius 3 is 2.26 bits per heavy atom. The van der Waals surface area contributed by atoms with Crippen molar-refractivity contribution < 1.29 is 51.3 Å². The lowest BCUT2D eigenvalue weighted by Gasteiger charge is -2.39. The summed E-state index contributed by atoms with van der Waals surface area (Å²) >= 11 is 13.4. The van der Waals surface area contributed by atoms with Gasteiger partial charge in [0, 0.05) is 47.6 Å². The number of carboxylic acids is 1. The molecule has 3 aromatic rings. The second kappa shape index (κ2) is 15.8. The lowest BCUT2D eigenvalue weighted by Crippen LogP contribution is -2.54. The van der Waals surface area contributed by atoms with Crippen LogP contribution >= 0.6 is 23.2 Å². The fourth-order valence-corrected chi connectivity index (χ4v) is 8.00. The van der Waals surface area contributed by atoms with Crippen LogP contribution in [0.3, 0.4) is 0 Å². The Morgan fingerprint density at radius 2 is 1.65 bits per heavy atom. The number of nitrogens with one attached hydrogen (secondary N) is 1. The zero-order valence-electron chi connectivity index (χ0n) is 29.5. The smallest absolute Gasteiger partial charge is 0.475 e. The molecule has 4 aliphatic rings. The van der Waals surface area contributed by atoms with Crippen LogP contribution in [-0.2, 0) is 20.8 Å². The van der Waals surface area contributed by atoms with E-state index in [1.165, 1.54) is 18.1 Å². The van der Waals surface area contributed by atoms with Gasteiger partial charge in [0.2, 0.25) is 0 Å². The van der Waals surface area contributed by atoms with Crippen molar-refractivity contribution in [3.63, 3.8) is 0 Å². The van der Waals surface area contributed by atoms with E-state index in [9.17, 15) is 22.8 Å². The number of fused-ring (bicyclic) bond motifs is 3. The molecule has 7 rings (SSSR count). The van der Waals surface area contributed by atoms with Gasteiger partial charge in [-0.3, -0.25) is 4.79 Å². The van der Waals surface area contributed by atoms with E-state index >= 15 is 4.39 Å². The molecule has 4 aliphatic heterocycles. The van der Waals surface area contributed by atoms with E-state index < -0.39 is 23.9 Å². The lowest BCUT2D eigenvalue weighted by molar-refractivity contribution is -0.192. The van der Waals surface area contributed by atoms with Crippen molar-refractivity contribution in [3.8, 4) is 16.9 Å². The second-order valence-electron chi connectivity index (χ2n) is 13.6. The van der Waals surface area contributed by atoms with Crippen LogP contribution in [-0.4, -0.2) is 98.3 Å². The standard InChI is InChI=1S/C35H37Cl2FN4O5.C2HF3O2/c1-19-14-41(20(2)13-39-19)24-9-28(36)32(29(37)10-24)34(43)40-15-21-5-4-6-25(33(21)47-18-40)26-12-31(27(11-30(26)38)35(44)45-3)42-22-7-8-23(42)17-46-16-22;3-2(4,5)1(6)7/h4-6,9-12,19-20,22-23,39H,7-8,13-18H2,1-3H3;(H,6,7)/t19-,20-,22?,23?;/m1./s1. The maximum Gasteiger partial charge on any atom is 0.490 e. The predicted octanol–water partition coefficient (Wildman–Crippen LogP) is 6.77. The highest BCUT2D eigenvalue weighted by molar-refractivity contribution is 6.40. The minimum atomic E-state index is -5.08. The van der Waals surface area contributed by atoms with Crippen LogP contribution in [0.2, 0.25) is 10.0 Å². The van der Waals surface area contributed by atoms with Crippen LogP contribution in [0.25, 0.3) is 11.1 Å². The van der Waals surface area contributed by atoms with Gasteiger partial charge in [-0.15, -0.1) is 0 Å². The number of carbonyl (C=O) groups is 3. The van der Waals surface area contributed by atoms with Crippen LogP contribution < -0.4 is 19.9 Å². The van der Waals surface area contributed by atoms with Crippen LogP contribution in [0, 0.1) is 5.82 Å². The molecule has 4 heterocycles. The predicted molar refractivity (Wildman–Crippen MR) is 193 cm³/mol. The number of halogens is 6. The first-order chi connectivity index (χ1) is 25.6. The van der Waals surface area contributed by atoms with Crippen LogP contribution in [0.5, 0.6) is 5.75 Å². The van der Waals surface area contributed by atoms with E-state index in [4.69, 9.17) is 47.3 Å². The zero-order chi connectivity index (χ0) is 39.1. The van der Waals surface area contributed by atoms with E-state index in [0.29, 0.717) is 47.4 Å². The molecule has 0 saturated carbocycles. The molecule has 2 N–H and O–H groups in total. The van der Waals surface area contributed by atoms with Crippen molar-refractivity contribution in [2.75, 3.05) is 49.9 Å². The summed E-state index contributed by atoms with van der Waals surface area (Å²) in [6.07, 6.45) is -3.23. The Balaban J connectivity index is 0.000000649. The number of aliphatic carboxylic acids is 1. The Hall–Kier alpha value is -4.31. The van der Waals surface area contributed by atoms with Gasteiger partial charge in [0.15, 0.2) is 6.73 Å². The first-order valence-electron chi connectivity index (χ1n) is 17.2. The van der Waals surface area contributed by atoms with Crippen molar-refractivity contribution in [3.05, 3.63) is 75.0 Å². The summed E-state index contributed by atoms with van der Waals surface area (Å²) in [6, 6.07) is 12.7. The average Bonchev–Trinajstić information content (AvgIpc) is 3.37. The lowest BCUT2D eigenvalue weighted by atomic mass is 9.96. The average molecular weight is 798 g/mol. The SMILES string of the molecule is COC(=O)c1cc(F)c(-c2cccc3c2OCN(C(=O)c2c(Cl)cc(N4C[C@@H](C)NC[C@H]4C)cc2Cl)C3)cc1N1C2CCC1COC2.O=C(O)C(F)(F)F. The number of alkyl halides is 3. The number of para-hydroxylation sites is 1. The molecule has 0 aliphatic carbocycles. The van der Waals surface area contributed by atoms with Crippen molar-refractivity contribution >= 4 is 52.4 Å². The number of hydrogen-bond donors (Lipinski definition) is 2. The molecule has 0 radical (unpaired) electrons. The third-order valence-electron chi connectivity index (χ3n) is 9.99. The summed E-state index contributed by atoms with van der Waals surface area (Å²) < 4.78 is 64.6. The summed E-state index contributed by atoms with van der Waals surface area (Å²) in [7, 11) is 1.29. The number of nitrogens with zero attached hydrogens (tertiary/aromatic N) is 3. The Bertz CT molecular complexity index is 1910. The normalized spacial score (nSPS) is 22.1. The Morgan fingerprint density at radius 1 is 1.00 bits per heavy atom. The fraction of sp³-hybridized carbons (Fsp3) is 0.432. The van der Waals surface area contributed by atoms with Crippen LogP contribution in [0.15, 0.2) is 42.5 Å². The first-order valence-corrected chi connectivity index (χ1v) is 18.0. The molecule has 4 atom stereocenters. The highest BCUT2D eigenvalue weighted by Gasteiger charge is 2.40. The number of carbonyl (C=O) groups excluding carboxylic acids is 2. The molecule has 54 heavy (non-hydrogen) atoms. The van der Waals surface area contributed by atoms with E-state index in [-0.39, 0.29) is 58.5 Å². The Labute approximate surface area is 318 Å². The minimum Gasteiger partial charge on any atom is -0.475 e. The summed E-state index contributed by atoms with van der Waals surface area (Å²) in [5, 5.41) is 11.1. The van der Waals surface area contributed by atoms with E-state index in [2.05, 4.69) is 29.0 Å². The van der Waals surface area contributed by atoms with Gasteiger partial charge < -0.3 is 39.3 Å². The number of esters is 1. The molecule has 1 amide bonds. The molecule has 3 fully saturated rings. The minimum absolute atomic E-state index is 0.0774. The molecule has 17 heteroatoms. The third-order valence-corrected chi connectivity index (χ3v) is 10.6. The fourth-order valence-electron chi connectivity index (χ4n) is 7.36. The molecule has 0 spiro atoms. The van der Waals surface area contributed by atoms with Crippen molar-refractivity contribution in [2.24, 2.45) is 0 Å². The highest BCUT2D eigenvalue weighted by atomic mass is 35.5. The van der Waals surface area contributed by atoms with E-state index in [1.807, 2.05) is 12.1 Å². The number of methoxy groups -OCH3 is 1. The number of rotatable bonds is 5. The van der Waals surface area contributed by atoms with E-state index in [0.717, 1.165) is 31.6 Å². The highest BCUT2D eigenvalue weighted by Crippen LogP contribution is 2.43. The molecule has 290 valence electrons. The topological polar surface area (TPSA) is 121 Å². The van der Waals surface area contributed by atoms with Gasteiger partial charge in [-0.05, 0) is 51.0 Å². The van der Waals surface area contributed by atoms with Gasteiger partial charge >= 0.3 is 18.1 Å².